The van der Waals surface area contributed by atoms with Gasteiger partial charge in [0.05, 0.1) is 4.88 Å². The molecule has 0 spiro atoms. The number of piperidine rings is 1. The fourth-order valence-corrected chi connectivity index (χ4v) is 3.06. The standard InChI is InChI=1S/C13H16N4O2S/c1-9-15-16-13(19-9)14-10-4-2-6-17(8-10)12(18)11-5-3-7-20-11/h3,5,7,10H,2,4,6,8H2,1H3,(H,14,16)/t10-/m1/s1. The third kappa shape index (κ3) is 2.82. The van der Waals surface area contributed by atoms with Gasteiger partial charge in [-0.05, 0) is 24.3 Å². The zero-order valence-corrected chi connectivity index (χ0v) is 12.0. The van der Waals surface area contributed by atoms with E-state index in [0.29, 0.717) is 18.5 Å². The van der Waals surface area contributed by atoms with Crippen LogP contribution in [0.4, 0.5) is 6.01 Å². The number of nitrogens with one attached hydrogen (secondary N) is 1. The van der Waals surface area contributed by atoms with Gasteiger partial charge in [-0.25, -0.2) is 0 Å². The molecule has 1 aliphatic heterocycles. The van der Waals surface area contributed by atoms with Crippen molar-refractivity contribution in [1.82, 2.24) is 15.1 Å². The molecule has 3 rings (SSSR count). The van der Waals surface area contributed by atoms with Crippen LogP contribution in [0.5, 0.6) is 0 Å². The van der Waals surface area contributed by atoms with Crippen molar-refractivity contribution < 1.29 is 9.21 Å². The number of carbonyl (C=O) groups is 1. The maximum Gasteiger partial charge on any atom is 0.315 e. The molecule has 1 fully saturated rings. The molecule has 1 aliphatic rings. The summed E-state index contributed by atoms with van der Waals surface area (Å²) in [4.78, 5) is 15.0. The number of aromatic nitrogens is 2. The Bertz CT molecular complexity index is 581. The predicted molar refractivity (Wildman–Crippen MR) is 75.9 cm³/mol. The number of thiophene rings is 1. The Balaban J connectivity index is 1.63. The number of likely N-dealkylation sites (tertiary alicyclic amines) is 1. The van der Waals surface area contributed by atoms with E-state index in [2.05, 4.69) is 15.5 Å². The minimum atomic E-state index is 0.105. The van der Waals surface area contributed by atoms with Crippen molar-refractivity contribution in [2.24, 2.45) is 0 Å². The lowest BCUT2D eigenvalue weighted by Gasteiger charge is -2.32. The van der Waals surface area contributed by atoms with E-state index in [1.807, 2.05) is 22.4 Å². The van der Waals surface area contributed by atoms with E-state index in [1.165, 1.54) is 11.3 Å². The molecular weight excluding hydrogens is 276 g/mol. The van der Waals surface area contributed by atoms with Gasteiger partial charge >= 0.3 is 6.01 Å². The summed E-state index contributed by atoms with van der Waals surface area (Å²) in [5, 5.41) is 12.8. The van der Waals surface area contributed by atoms with E-state index in [0.717, 1.165) is 24.3 Å². The largest absolute Gasteiger partial charge is 0.408 e. The Hall–Kier alpha value is -1.89. The van der Waals surface area contributed by atoms with Crippen LogP contribution >= 0.6 is 11.3 Å². The number of aryl methyl sites for hydroxylation is 1. The molecule has 20 heavy (non-hydrogen) atoms. The first kappa shape index (κ1) is 13.1. The Morgan fingerprint density at radius 3 is 3.15 bits per heavy atom. The van der Waals surface area contributed by atoms with Gasteiger partial charge in [-0.15, -0.1) is 16.4 Å². The molecule has 6 nitrogen and oxygen atoms in total. The number of amides is 1. The second-order valence-corrected chi connectivity index (χ2v) is 5.79. The number of carbonyl (C=O) groups excluding carboxylic acids is 1. The van der Waals surface area contributed by atoms with Crippen LogP contribution in [0, 0.1) is 6.92 Å². The first-order valence-corrected chi connectivity index (χ1v) is 7.50. The molecule has 1 atom stereocenters. The van der Waals surface area contributed by atoms with Crippen molar-refractivity contribution >= 4 is 23.3 Å². The smallest absolute Gasteiger partial charge is 0.315 e. The van der Waals surface area contributed by atoms with E-state index in [4.69, 9.17) is 4.42 Å². The van der Waals surface area contributed by atoms with Gasteiger partial charge in [-0.3, -0.25) is 4.79 Å². The molecule has 0 unspecified atom stereocenters. The van der Waals surface area contributed by atoms with Gasteiger partial charge in [-0.2, -0.15) is 0 Å². The van der Waals surface area contributed by atoms with Crippen molar-refractivity contribution in [3.8, 4) is 0 Å². The highest BCUT2D eigenvalue weighted by atomic mass is 32.1. The SMILES string of the molecule is Cc1nnc(N[C@@H]2CCCN(C(=O)c3cccs3)C2)o1. The van der Waals surface area contributed by atoms with Crippen LogP contribution in [0.1, 0.15) is 28.4 Å². The van der Waals surface area contributed by atoms with Crippen LogP contribution in [0.3, 0.4) is 0 Å². The molecule has 1 saturated heterocycles. The molecule has 0 aliphatic carbocycles. The Labute approximate surface area is 120 Å². The highest BCUT2D eigenvalue weighted by Gasteiger charge is 2.25. The zero-order chi connectivity index (χ0) is 13.9. The van der Waals surface area contributed by atoms with Crippen molar-refractivity contribution in [1.29, 1.82) is 0 Å². The molecule has 106 valence electrons. The average Bonchev–Trinajstić information content (AvgIpc) is 3.10. The number of rotatable bonds is 3. The molecular formula is C13H16N4O2S. The van der Waals surface area contributed by atoms with Gasteiger partial charge in [0.2, 0.25) is 5.89 Å². The molecule has 7 heteroatoms. The highest BCUT2D eigenvalue weighted by molar-refractivity contribution is 7.12. The maximum absolute atomic E-state index is 12.3. The minimum Gasteiger partial charge on any atom is -0.408 e. The normalized spacial score (nSPS) is 19.1. The summed E-state index contributed by atoms with van der Waals surface area (Å²) in [6.45, 7) is 3.22. The van der Waals surface area contributed by atoms with Crippen LogP contribution in [0.2, 0.25) is 0 Å². The fourth-order valence-electron chi connectivity index (χ4n) is 2.37. The summed E-state index contributed by atoms with van der Waals surface area (Å²) >= 11 is 1.48. The molecule has 3 heterocycles. The molecule has 2 aromatic rings. The van der Waals surface area contributed by atoms with Crippen LogP contribution in [-0.4, -0.2) is 40.1 Å². The lowest BCUT2D eigenvalue weighted by molar-refractivity contribution is 0.0719. The van der Waals surface area contributed by atoms with Gasteiger partial charge in [0, 0.05) is 26.1 Å². The van der Waals surface area contributed by atoms with Crippen molar-refractivity contribution in [3.63, 3.8) is 0 Å². The minimum absolute atomic E-state index is 0.105. The van der Waals surface area contributed by atoms with Crippen molar-refractivity contribution in [2.45, 2.75) is 25.8 Å². The van der Waals surface area contributed by atoms with Crippen molar-refractivity contribution in [3.05, 3.63) is 28.3 Å². The van der Waals surface area contributed by atoms with E-state index < -0.39 is 0 Å². The molecule has 2 aromatic heterocycles. The van der Waals surface area contributed by atoms with E-state index in [-0.39, 0.29) is 11.9 Å². The predicted octanol–water partition coefficient (Wildman–Crippen LogP) is 2.16. The second-order valence-electron chi connectivity index (χ2n) is 4.84. The zero-order valence-electron chi connectivity index (χ0n) is 11.2. The van der Waals surface area contributed by atoms with E-state index in [9.17, 15) is 4.79 Å². The van der Waals surface area contributed by atoms with Crippen LogP contribution < -0.4 is 5.32 Å². The van der Waals surface area contributed by atoms with Gasteiger partial charge in [0.1, 0.15) is 0 Å². The number of anilines is 1. The summed E-state index contributed by atoms with van der Waals surface area (Å²) in [6, 6.07) is 4.36. The first-order chi connectivity index (χ1) is 9.72. The summed E-state index contributed by atoms with van der Waals surface area (Å²) in [5.41, 5.74) is 0. The molecule has 0 radical (unpaired) electrons. The first-order valence-electron chi connectivity index (χ1n) is 6.62. The van der Waals surface area contributed by atoms with Gasteiger partial charge < -0.3 is 14.6 Å². The average molecular weight is 292 g/mol. The van der Waals surface area contributed by atoms with Gasteiger partial charge in [-0.1, -0.05) is 11.2 Å². The molecule has 0 saturated carbocycles. The third-order valence-corrected chi connectivity index (χ3v) is 4.15. The van der Waals surface area contributed by atoms with E-state index >= 15 is 0 Å². The molecule has 1 amide bonds. The van der Waals surface area contributed by atoms with Gasteiger partial charge in [0.15, 0.2) is 0 Å². The Morgan fingerprint density at radius 2 is 2.45 bits per heavy atom. The van der Waals surface area contributed by atoms with Gasteiger partial charge in [0.25, 0.3) is 5.91 Å². The summed E-state index contributed by atoms with van der Waals surface area (Å²) < 4.78 is 5.32. The van der Waals surface area contributed by atoms with Crippen LogP contribution in [0.15, 0.2) is 21.9 Å². The van der Waals surface area contributed by atoms with Crippen LogP contribution in [0.25, 0.3) is 0 Å². The number of hydrogen-bond donors (Lipinski definition) is 1. The fraction of sp³-hybridized carbons (Fsp3) is 0.462. The molecule has 0 bridgehead atoms. The maximum atomic E-state index is 12.3. The topological polar surface area (TPSA) is 71.3 Å². The lowest BCUT2D eigenvalue weighted by atomic mass is 10.1. The Kier molecular flexibility index (Phi) is 3.68. The van der Waals surface area contributed by atoms with E-state index in [1.54, 1.807) is 6.92 Å². The molecule has 1 N–H and O–H groups in total. The van der Waals surface area contributed by atoms with Crippen molar-refractivity contribution in [2.75, 3.05) is 18.4 Å². The number of nitrogens with zero attached hydrogens (tertiary/aromatic N) is 3. The summed E-state index contributed by atoms with van der Waals surface area (Å²) in [6.07, 6.45) is 1.97. The molecule has 0 aromatic carbocycles. The second kappa shape index (κ2) is 5.62. The summed E-state index contributed by atoms with van der Waals surface area (Å²) in [5.74, 6) is 0.642. The number of hydrogen-bond acceptors (Lipinski definition) is 6. The van der Waals surface area contributed by atoms with Crippen LogP contribution in [-0.2, 0) is 0 Å². The Morgan fingerprint density at radius 1 is 1.55 bits per heavy atom. The lowest BCUT2D eigenvalue weighted by Crippen LogP contribution is -2.45. The highest BCUT2D eigenvalue weighted by Crippen LogP contribution is 2.19. The monoisotopic (exact) mass is 292 g/mol. The summed E-state index contributed by atoms with van der Waals surface area (Å²) in [7, 11) is 0. The quantitative estimate of drug-likeness (QED) is 0.938. The third-order valence-electron chi connectivity index (χ3n) is 3.29.